The average molecular weight is 1200 g/mol. The van der Waals surface area contributed by atoms with Crippen molar-refractivity contribution < 1.29 is 4.74 Å². The molecule has 5 aliphatic rings. The second-order valence-corrected chi connectivity index (χ2v) is 26.7. The van der Waals surface area contributed by atoms with Gasteiger partial charge in [-0.3, -0.25) is 0 Å². The van der Waals surface area contributed by atoms with Crippen LogP contribution in [0, 0.1) is 0 Å². The molecule has 0 saturated heterocycles. The van der Waals surface area contributed by atoms with Crippen LogP contribution in [0.3, 0.4) is 0 Å². The highest BCUT2D eigenvalue weighted by Gasteiger charge is 2.52. The number of hydrogen-bond donors (Lipinski definition) is 0. The Morgan fingerprint density at radius 2 is 0.880 bits per heavy atom. The third kappa shape index (κ3) is 9.33. The number of para-hydroxylation sites is 8. The molecule has 1 aliphatic carbocycles. The maximum absolute atomic E-state index is 7.45. The van der Waals surface area contributed by atoms with E-state index >= 15 is 0 Å². The maximum atomic E-state index is 7.45. The molecule has 5 nitrogen and oxygen atoms in total. The van der Waals surface area contributed by atoms with Crippen LogP contribution >= 0.6 is 11.8 Å². The lowest BCUT2D eigenvalue weighted by atomic mass is 9.28. The van der Waals surface area contributed by atoms with Gasteiger partial charge in [-0.15, -0.1) is 11.8 Å². The molecule has 8 heteroatoms. The van der Waals surface area contributed by atoms with Gasteiger partial charge < -0.3 is 24.3 Å². The van der Waals surface area contributed by atoms with Gasteiger partial charge in [-0.25, -0.2) is 0 Å². The van der Waals surface area contributed by atoms with Crippen LogP contribution in [0.1, 0.15) is 50.7 Å². The summed E-state index contributed by atoms with van der Waals surface area (Å²) in [5, 5.41) is 0.00534. The summed E-state index contributed by atoms with van der Waals surface area (Å²) in [4.78, 5) is 11.3. The number of thioether (sulfide) groups is 1. The predicted molar refractivity (Wildman–Crippen MR) is 391 cm³/mol. The molecule has 0 bridgehead atoms. The molecule has 0 amide bonds. The first kappa shape index (κ1) is 55.6. The van der Waals surface area contributed by atoms with Crippen LogP contribution in [0.5, 0.6) is 11.5 Å². The number of hydrogen-bond acceptors (Lipinski definition) is 6. The molecular formula is C84H66B2N4OS. The minimum Gasteiger partial charge on any atom is -0.458 e. The van der Waals surface area contributed by atoms with E-state index in [1.54, 1.807) is 0 Å². The number of anilines is 11. The summed E-state index contributed by atoms with van der Waals surface area (Å²) in [6, 6.07) is 108. The van der Waals surface area contributed by atoms with Crippen molar-refractivity contribution in [3.63, 3.8) is 0 Å². The molecule has 4 heterocycles. The number of nitrogens with zero attached hydrogens (tertiary/aromatic N) is 4. The van der Waals surface area contributed by atoms with Crippen molar-refractivity contribution in [1.29, 1.82) is 0 Å². The average Bonchev–Trinajstić information content (AvgIpc) is 0.696. The maximum Gasteiger partial charge on any atom is 0.255 e. The summed E-state index contributed by atoms with van der Waals surface area (Å²) in [6.45, 7) is 8.99. The Kier molecular flexibility index (Phi) is 13.8. The van der Waals surface area contributed by atoms with Gasteiger partial charge in [0.05, 0.1) is 11.4 Å². The van der Waals surface area contributed by atoms with Crippen LogP contribution in [-0.4, -0.2) is 18.7 Å². The van der Waals surface area contributed by atoms with Gasteiger partial charge in [-0.2, -0.15) is 0 Å². The SMILES string of the molecule is CC(C)c1ccc(-c2cccc(-c3ccc(C(C)C)cc3)c2N2C3=CC4Sc5cc(N(c6ccccc6)c6ccccc6)cc6c5B(c5ccccc5N6c5ccccc5)C4C=C3B3c4ccccc4Oc4cc(N(c5ccccc5)c5ccccc5)cc2c43)cc1. The monoisotopic (exact) mass is 1200 g/mol. The zero-order valence-electron chi connectivity index (χ0n) is 51.9. The third-order valence-corrected chi connectivity index (χ3v) is 20.8. The number of benzene rings is 12. The standard InChI is InChI=1S/C84H66B2N4OS/c1-55(2)57-41-45-59(46-42-57)68-35-24-36-69(60-47-43-58(44-48-60)56(3)4)84(68)90-75-54-80-73(53-72(75)86-71-38-21-23-40-78(71)91-79-51-66(49-76(90)82(79)86)87(61-25-10-5-11-26-61)62-27-12-6-13-28-62)85-70-37-20-22-39-74(70)89(65-33-18-9-19-34-65)77-50-67(52-81(92-80)83(77)85)88(63-29-14-7-15-30-63)64-31-16-8-17-32-64/h5-56,73,80H,1-4H3. The van der Waals surface area contributed by atoms with E-state index in [1.165, 1.54) is 55.0 Å². The first-order chi connectivity index (χ1) is 45.3. The molecule has 92 heavy (non-hydrogen) atoms. The Morgan fingerprint density at radius 3 is 1.42 bits per heavy atom. The number of allylic oxidation sites excluding steroid dienone is 2. The normalized spacial score (nSPS) is 15.5. The summed E-state index contributed by atoms with van der Waals surface area (Å²) in [5.41, 5.74) is 27.0. The summed E-state index contributed by atoms with van der Waals surface area (Å²) >= 11 is 2.03. The summed E-state index contributed by atoms with van der Waals surface area (Å²) < 4.78 is 7.45. The fraction of sp³-hybridized carbons (Fsp3) is 0.0952. The lowest BCUT2D eigenvalue weighted by molar-refractivity contribution is 0.487. The molecule has 2 atom stereocenters. The number of ether oxygens (including phenoxy) is 1. The van der Waals surface area contributed by atoms with Crippen molar-refractivity contribution in [3.05, 3.63) is 326 Å². The van der Waals surface area contributed by atoms with E-state index in [9.17, 15) is 0 Å². The van der Waals surface area contributed by atoms with Crippen molar-refractivity contribution in [1.82, 2.24) is 0 Å². The molecule has 0 radical (unpaired) electrons. The van der Waals surface area contributed by atoms with E-state index in [-0.39, 0.29) is 24.5 Å². The van der Waals surface area contributed by atoms with Crippen molar-refractivity contribution in [2.75, 3.05) is 19.6 Å². The van der Waals surface area contributed by atoms with Crippen molar-refractivity contribution in [2.45, 2.75) is 55.5 Å². The van der Waals surface area contributed by atoms with E-state index < -0.39 is 0 Å². The fourth-order valence-corrected chi connectivity index (χ4v) is 16.6. The quantitative estimate of drug-likeness (QED) is 0.113. The molecule has 4 aliphatic heterocycles. The minimum atomic E-state index is -0.159. The van der Waals surface area contributed by atoms with Crippen molar-refractivity contribution >= 4 is 110 Å². The van der Waals surface area contributed by atoms with Crippen molar-refractivity contribution in [2.24, 2.45) is 0 Å². The molecule has 0 saturated carbocycles. The molecule has 0 aromatic heterocycles. The van der Waals surface area contributed by atoms with Gasteiger partial charge >= 0.3 is 0 Å². The lowest BCUT2D eigenvalue weighted by Gasteiger charge is -2.49. The molecule has 2 unspecified atom stereocenters. The smallest absolute Gasteiger partial charge is 0.255 e. The molecule has 440 valence electrons. The first-order valence-electron chi connectivity index (χ1n) is 32.4. The summed E-state index contributed by atoms with van der Waals surface area (Å²) in [6.07, 6.45) is 5.44. The van der Waals surface area contributed by atoms with Gasteiger partial charge in [0, 0.05) is 84.2 Å². The lowest BCUT2D eigenvalue weighted by Crippen LogP contribution is -2.59. The third-order valence-electron chi connectivity index (χ3n) is 19.4. The molecule has 0 N–H and O–H groups in total. The number of rotatable bonds is 12. The molecule has 0 spiro atoms. The Morgan fingerprint density at radius 1 is 0.402 bits per heavy atom. The van der Waals surface area contributed by atoms with Gasteiger partial charge in [0.2, 0.25) is 6.71 Å². The van der Waals surface area contributed by atoms with E-state index in [0.29, 0.717) is 11.8 Å². The molecule has 17 rings (SSSR count). The highest BCUT2D eigenvalue weighted by atomic mass is 32.2. The highest BCUT2D eigenvalue weighted by molar-refractivity contribution is 8.00. The van der Waals surface area contributed by atoms with Gasteiger partial charge in [0.15, 0.2) is 0 Å². The van der Waals surface area contributed by atoms with Crippen LogP contribution < -0.4 is 46.2 Å². The Hall–Kier alpha value is -10.4. The Balaban J connectivity index is 0.966. The van der Waals surface area contributed by atoms with Gasteiger partial charge in [-0.1, -0.05) is 228 Å². The van der Waals surface area contributed by atoms with E-state index in [0.717, 1.165) is 90.4 Å². The summed E-state index contributed by atoms with van der Waals surface area (Å²) in [5.74, 6) is 2.57. The highest BCUT2D eigenvalue weighted by Crippen LogP contribution is 2.57. The second kappa shape index (κ2) is 22.8. The largest absolute Gasteiger partial charge is 0.458 e. The number of fused-ring (bicyclic) bond motifs is 8. The van der Waals surface area contributed by atoms with Gasteiger partial charge in [-0.05, 0) is 164 Å². The molecular weight excluding hydrogens is 1130 g/mol. The molecule has 12 aromatic rings. The Bertz CT molecular complexity index is 4700. The zero-order valence-corrected chi connectivity index (χ0v) is 52.8. The van der Waals surface area contributed by atoms with Crippen LogP contribution in [0.25, 0.3) is 22.3 Å². The van der Waals surface area contributed by atoms with E-state index in [4.69, 9.17) is 4.74 Å². The summed E-state index contributed by atoms with van der Waals surface area (Å²) in [7, 11) is 0. The fourth-order valence-electron chi connectivity index (χ4n) is 15.2. The van der Waals surface area contributed by atoms with Crippen LogP contribution in [0.15, 0.2) is 319 Å². The van der Waals surface area contributed by atoms with E-state index in [1.807, 2.05) is 11.8 Å². The predicted octanol–water partition coefficient (Wildman–Crippen LogP) is 20.4. The Labute approximate surface area is 545 Å². The first-order valence-corrected chi connectivity index (χ1v) is 33.3. The molecule has 12 aromatic carbocycles. The van der Waals surface area contributed by atoms with Crippen LogP contribution in [0.4, 0.5) is 62.6 Å². The van der Waals surface area contributed by atoms with Crippen LogP contribution in [0.2, 0.25) is 5.82 Å². The van der Waals surface area contributed by atoms with Gasteiger partial charge in [0.25, 0.3) is 6.71 Å². The van der Waals surface area contributed by atoms with Gasteiger partial charge in [0.1, 0.15) is 11.5 Å². The zero-order chi connectivity index (χ0) is 61.6. The molecule has 0 fully saturated rings. The van der Waals surface area contributed by atoms with Crippen molar-refractivity contribution in [3.8, 4) is 33.8 Å². The minimum absolute atomic E-state index is 0.00534. The topological polar surface area (TPSA) is 22.2 Å². The van der Waals surface area contributed by atoms with E-state index in [2.05, 4.69) is 351 Å². The van der Waals surface area contributed by atoms with Crippen LogP contribution in [-0.2, 0) is 0 Å². The second-order valence-electron chi connectivity index (χ2n) is 25.5.